The Bertz CT molecular complexity index is 1530. The van der Waals surface area contributed by atoms with Gasteiger partial charge in [0.1, 0.15) is 6.07 Å². The zero-order valence-corrected chi connectivity index (χ0v) is 19.4. The van der Waals surface area contributed by atoms with Gasteiger partial charge in [-0.05, 0) is 60.5 Å². The van der Waals surface area contributed by atoms with Crippen molar-refractivity contribution in [3.8, 4) is 6.07 Å². The number of alkyl halides is 3. The molecule has 2 amide bonds. The Hall–Kier alpha value is -4.23. The fraction of sp³-hybridized carbons (Fsp3) is 0.115. The average molecular weight is 506 g/mol. The number of nitriles is 1. The van der Waals surface area contributed by atoms with Crippen molar-refractivity contribution in [2.75, 3.05) is 21.7 Å². The summed E-state index contributed by atoms with van der Waals surface area (Å²) in [4.78, 5) is 18.1. The van der Waals surface area contributed by atoms with Gasteiger partial charge in [-0.1, -0.05) is 12.1 Å². The monoisotopic (exact) mass is 505 g/mol. The topological polar surface area (TPSA) is 89.8 Å². The van der Waals surface area contributed by atoms with Crippen LogP contribution in [-0.2, 0) is 12.6 Å². The first kappa shape index (κ1) is 23.5. The second-order valence-corrected chi connectivity index (χ2v) is 9.19. The summed E-state index contributed by atoms with van der Waals surface area (Å²) in [7, 11) is 0. The number of benzene rings is 3. The van der Waals surface area contributed by atoms with Crippen molar-refractivity contribution in [2.45, 2.75) is 17.5 Å². The number of nitrogens with zero attached hydrogens (tertiary/aromatic N) is 2. The van der Waals surface area contributed by atoms with Crippen molar-refractivity contribution in [1.82, 2.24) is 4.98 Å². The fourth-order valence-corrected chi connectivity index (χ4v) is 5.15. The molecule has 0 spiro atoms. The van der Waals surface area contributed by atoms with E-state index in [4.69, 9.17) is 0 Å². The lowest BCUT2D eigenvalue weighted by Crippen LogP contribution is -2.19. The van der Waals surface area contributed by atoms with E-state index >= 15 is 0 Å². The predicted octanol–water partition coefficient (Wildman–Crippen LogP) is 7.16. The second kappa shape index (κ2) is 9.43. The summed E-state index contributed by atoms with van der Waals surface area (Å²) >= 11 is 1.77. The van der Waals surface area contributed by atoms with Gasteiger partial charge in [-0.25, -0.2) is 4.79 Å². The summed E-state index contributed by atoms with van der Waals surface area (Å²) in [6, 6.07) is 16.7. The molecule has 4 aromatic rings. The number of halogens is 3. The number of rotatable bonds is 4. The van der Waals surface area contributed by atoms with Gasteiger partial charge in [0.2, 0.25) is 0 Å². The van der Waals surface area contributed by atoms with Gasteiger partial charge in [-0.2, -0.15) is 18.4 Å². The molecule has 1 aliphatic rings. The lowest BCUT2D eigenvalue weighted by Gasteiger charge is -2.15. The molecule has 36 heavy (non-hydrogen) atoms. The van der Waals surface area contributed by atoms with Crippen molar-refractivity contribution < 1.29 is 18.0 Å². The number of hydrogen-bond donors (Lipinski definition) is 3. The van der Waals surface area contributed by atoms with Crippen LogP contribution >= 0.6 is 11.8 Å². The molecule has 6 nitrogen and oxygen atoms in total. The van der Waals surface area contributed by atoms with Gasteiger partial charge in [0, 0.05) is 39.3 Å². The van der Waals surface area contributed by atoms with E-state index in [1.54, 1.807) is 36.0 Å². The normalized spacial score (nSPS) is 12.6. The van der Waals surface area contributed by atoms with Crippen LogP contribution in [0.5, 0.6) is 0 Å². The molecule has 10 heteroatoms. The maximum Gasteiger partial charge on any atom is 0.416 e. The molecule has 2 heterocycles. The van der Waals surface area contributed by atoms with E-state index in [1.807, 2.05) is 12.1 Å². The third kappa shape index (κ3) is 4.78. The van der Waals surface area contributed by atoms with Crippen molar-refractivity contribution in [1.29, 1.82) is 5.26 Å². The Morgan fingerprint density at radius 2 is 1.72 bits per heavy atom. The van der Waals surface area contributed by atoms with E-state index in [1.165, 1.54) is 23.2 Å². The number of hydrogen-bond acceptors (Lipinski definition) is 5. The molecule has 0 fully saturated rings. The highest BCUT2D eigenvalue weighted by Gasteiger charge is 2.30. The Balaban J connectivity index is 1.39. The van der Waals surface area contributed by atoms with Gasteiger partial charge >= 0.3 is 12.2 Å². The number of carbonyl (C=O) groups is 1. The van der Waals surface area contributed by atoms with Crippen molar-refractivity contribution in [3.05, 3.63) is 83.6 Å². The Morgan fingerprint density at radius 1 is 1.00 bits per heavy atom. The molecule has 180 valence electrons. The highest BCUT2D eigenvalue weighted by atomic mass is 32.2. The number of aryl methyl sites for hydroxylation is 1. The number of anilines is 4. The van der Waals surface area contributed by atoms with E-state index in [-0.39, 0.29) is 5.69 Å². The Labute approximate surface area is 208 Å². The van der Waals surface area contributed by atoms with E-state index < -0.39 is 17.8 Å². The smallest absolute Gasteiger partial charge is 0.354 e. The van der Waals surface area contributed by atoms with Gasteiger partial charge in [0.05, 0.1) is 22.3 Å². The highest BCUT2D eigenvalue weighted by Crippen LogP contribution is 2.40. The maximum atomic E-state index is 12.9. The van der Waals surface area contributed by atoms with Gasteiger partial charge in [-0.3, -0.25) is 4.98 Å². The first-order valence-corrected chi connectivity index (χ1v) is 11.9. The molecule has 0 unspecified atom stereocenters. The van der Waals surface area contributed by atoms with E-state index in [9.17, 15) is 23.2 Å². The molecule has 0 radical (unpaired) electrons. The summed E-state index contributed by atoms with van der Waals surface area (Å²) in [5, 5.41) is 19.0. The molecule has 3 N–H and O–H groups in total. The zero-order chi connectivity index (χ0) is 25.3. The fourth-order valence-electron chi connectivity index (χ4n) is 4.08. The number of amides is 2. The number of nitrogens with one attached hydrogen (secondary N) is 3. The number of pyridine rings is 1. The summed E-state index contributed by atoms with van der Waals surface area (Å²) < 4.78 is 38.8. The standard InChI is InChI=1S/C26H18F3N5OS/c27-26(28,29)16-3-1-4-17(11-16)33-25(35)34-19-6-2-5-18(12-19)32-24-15(13-30)14-31-21-7-8-22-20(23(21)24)9-10-36-22/h1-8,11-12,14H,9-10H2,(H,31,32)(H2,33,34,35). The third-order valence-electron chi connectivity index (χ3n) is 5.67. The van der Waals surface area contributed by atoms with E-state index in [0.717, 1.165) is 40.8 Å². The molecule has 1 aromatic heterocycles. The van der Waals surface area contributed by atoms with Gasteiger partial charge in [-0.15, -0.1) is 11.8 Å². The predicted molar refractivity (Wildman–Crippen MR) is 135 cm³/mol. The van der Waals surface area contributed by atoms with E-state index in [2.05, 4.69) is 27.0 Å². The van der Waals surface area contributed by atoms with Crippen LogP contribution in [0.4, 0.5) is 40.7 Å². The van der Waals surface area contributed by atoms with Crippen LogP contribution in [0.15, 0.2) is 71.8 Å². The Morgan fingerprint density at radius 3 is 2.47 bits per heavy atom. The molecule has 0 atom stereocenters. The minimum Gasteiger partial charge on any atom is -0.354 e. The van der Waals surface area contributed by atoms with Crippen LogP contribution in [0.3, 0.4) is 0 Å². The summed E-state index contributed by atoms with van der Waals surface area (Å²) in [5.41, 5.74) is 3.19. The number of urea groups is 1. The van der Waals surface area contributed by atoms with Crippen molar-refractivity contribution in [3.63, 3.8) is 0 Å². The van der Waals surface area contributed by atoms with Crippen LogP contribution in [0.25, 0.3) is 10.9 Å². The summed E-state index contributed by atoms with van der Waals surface area (Å²) in [6.07, 6.45) is -2.10. The molecule has 1 aliphatic heterocycles. The maximum absolute atomic E-state index is 12.9. The molecule has 3 aromatic carbocycles. The van der Waals surface area contributed by atoms with Crippen LogP contribution in [0.2, 0.25) is 0 Å². The molecule has 0 bridgehead atoms. The first-order chi connectivity index (χ1) is 17.3. The lowest BCUT2D eigenvalue weighted by atomic mass is 10.0. The van der Waals surface area contributed by atoms with E-state index in [0.29, 0.717) is 22.6 Å². The van der Waals surface area contributed by atoms with Gasteiger partial charge in [0.15, 0.2) is 0 Å². The molecule has 5 rings (SSSR count). The van der Waals surface area contributed by atoms with Crippen molar-refractivity contribution >= 4 is 51.4 Å². The minimum atomic E-state index is -4.51. The number of thioether (sulfide) groups is 1. The number of fused-ring (bicyclic) bond motifs is 3. The quantitative estimate of drug-likeness (QED) is 0.274. The Kier molecular flexibility index (Phi) is 6.16. The summed E-state index contributed by atoms with van der Waals surface area (Å²) in [6.45, 7) is 0. The molecule has 0 saturated carbocycles. The second-order valence-electron chi connectivity index (χ2n) is 8.06. The lowest BCUT2D eigenvalue weighted by molar-refractivity contribution is -0.137. The van der Waals surface area contributed by atoms with Gasteiger partial charge in [0.25, 0.3) is 0 Å². The minimum absolute atomic E-state index is 0.0187. The molecular formula is C26H18F3N5OS. The van der Waals surface area contributed by atoms with Gasteiger partial charge < -0.3 is 16.0 Å². The zero-order valence-electron chi connectivity index (χ0n) is 18.6. The number of carbonyl (C=O) groups excluding carboxylic acids is 1. The average Bonchev–Trinajstić information content (AvgIpc) is 3.33. The van der Waals surface area contributed by atoms with Crippen LogP contribution in [0, 0.1) is 11.3 Å². The highest BCUT2D eigenvalue weighted by molar-refractivity contribution is 7.99. The largest absolute Gasteiger partial charge is 0.416 e. The van der Waals surface area contributed by atoms with Crippen molar-refractivity contribution in [2.24, 2.45) is 0 Å². The first-order valence-electron chi connectivity index (χ1n) is 10.9. The molecule has 0 saturated heterocycles. The molecule has 0 aliphatic carbocycles. The molecular weight excluding hydrogens is 487 g/mol. The number of aromatic nitrogens is 1. The summed E-state index contributed by atoms with van der Waals surface area (Å²) in [5.74, 6) is 0.963. The van der Waals surface area contributed by atoms with Crippen LogP contribution in [0.1, 0.15) is 16.7 Å². The SMILES string of the molecule is N#Cc1cnc2ccc3c(c2c1Nc1cccc(NC(=O)Nc2cccc(C(F)(F)F)c2)c1)CCS3. The van der Waals surface area contributed by atoms with Crippen LogP contribution in [-0.4, -0.2) is 16.8 Å². The van der Waals surface area contributed by atoms with Crippen LogP contribution < -0.4 is 16.0 Å². The third-order valence-corrected chi connectivity index (χ3v) is 6.77.